The molecule has 0 amide bonds. The maximum Gasteiger partial charge on any atom is 0.0780 e. The van der Waals surface area contributed by atoms with Crippen molar-refractivity contribution in [3.8, 4) is 44.6 Å². The van der Waals surface area contributed by atoms with Gasteiger partial charge in [-0.1, -0.05) is 158 Å². The van der Waals surface area contributed by atoms with Crippen LogP contribution < -0.4 is 0 Å². The van der Waals surface area contributed by atoms with E-state index in [0.29, 0.717) is 0 Å². The molecule has 0 saturated carbocycles. The summed E-state index contributed by atoms with van der Waals surface area (Å²) in [7, 11) is 0. The van der Waals surface area contributed by atoms with Gasteiger partial charge in [-0.2, -0.15) is 0 Å². The standard InChI is InChI=1S/C45H29N/c1-2-13-34-29-35(27-22-30(34)11-1)45-37(21-10-28-46-45)32-23-25-33(26-24-32)43-39-16-5-7-18-41(39)44(42-19-8-6-17-40(42)43)38-20-9-14-31-12-3-4-15-36(31)38/h1-29H. The fraction of sp³-hybridized carbons (Fsp3) is 0. The number of hydrogen-bond donors (Lipinski definition) is 0. The third-order valence-electron chi connectivity index (χ3n) is 9.31. The molecule has 0 spiro atoms. The molecule has 9 aromatic rings. The molecule has 9 rings (SSSR count). The van der Waals surface area contributed by atoms with Gasteiger partial charge in [0, 0.05) is 17.3 Å². The highest BCUT2D eigenvalue weighted by atomic mass is 14.7. The molecule has 46 heavy (non-hydrogen) atoms. The largest absolute Gasteiger partial charge is 0.256 e. The number of pyridine rings is 1. The number of nitrogens with zero attached hydrogens (tertiary/aromatic N) is 1. The van der Waals surface area contributed by atoms with E-state index in [0.717, 1.165) is 22.4 Å². The molecule has 1 aromatic heterocycles. The van der Waals surface area contributed by atoms with Crippen LogP contribution in [0.3, 0.4) is 0 Å². The molecule has 0 unspecified atom stereocenters. The Morgan fingerprint density at radius 2 is 0.826 bits per heavy atom. The first-order chi connectivity index (χ1) is 22.8. The van der Waals surface area contributed by atoms with Gasteiger partial charge in [-0.3, -0.25) is 4.98 Å². The minimum Gasteiger partial charge on any atom is -0.256 e. The molecule has 0 fully saturated rings. The topological polar surface area (TPSA) is 12.9 Å². The summed E-state index contributed by atoms with van der Waals surface area (Å²) in [6, 6.07) is 61.5. The van der Waals surface area contributed by atoms with Crippen LogP contribution in [-0.2, 0) is 0 Å². The average Bonchev–Trinajstić information content (AvgIpc) is 3.13. The van der Waals surface area contributed by atoms with E-state index in [4.69, 9.17) is 4.98 Å². The van der Waals surface area contributed by atoms with Crippen LogP contribution in [-0.4, -0.2) is 4.98 Å². The summed E-state index contributed by atoms with van der Waals surface area (Å²) in [5, 5.41) is 10.0. The van der Waals surface area contributed by atoms with Crippen molar-refractivity contribution in [2.75, 3.05) is 0 Å². The second-order valence-corrected chi connectivity index (χ2v) is 11.9. The summed E-state index contributed by atoms with van der Waals surface area (Å²) >= 11 is 0. The predicted molar refractivity (Wildman–Crippen MR) is 196 cm³/mol. The predicted octanol–water partition coefficient (Wildman–Crippen LogP) is 12.4. The Morgan fingerprint density at radius 3 is 1.54 bits per heavy atom. The van der Waals surface area contributed by atoms with E-state index < -0.39 is 0 Å². The SMILES string of the molecule is c1cnc(-c2ccc3ccccc3c2)c(-c2ccc(-c3c4ccccc4c(-c4cccc5ccccc45)c4ccccc34)cc2)c1. The Labute approximate surface area is 268 Å². The van der Waals surface area contributed by atoms with Gasteiger partial charge in [0.1, 0.15) is 0 Å². The number of benzene rings is 8. The van der Waals surface area contributed by atoms with Crippen molar-refractivity contribution in [3.05, 3.63) is 176 Å². The molecular weight excluding hydrogens is 555 g/mol. The van der Waals surface area contributed by atoms with Crippen LogP contribution >= 0.6 is 0 Å². The van der Waals surface area contributed by atoms with Crippen molar-refractivity contribution in [1.82, 2.24) is 4.98 Å². The lowest BCUT2D eigenvalue weighted by molar-refractivity contribution is 1.33. The minimum absolute atomic E-state index is 0.997. The lowest BCUT2D eigenvalue weighted by Gasteiger charge is -2.19. The summed E-state index contributed by atoms with van der Waals surface area (Å²) in [4.78, 5) is 4.85. The molecule has 0 aliphatic rings. The summed E-state index contributed by atoms with van der Waals surface area (Å²) in [5.41, 5.74) is 9.44. The quantitative estimate of drug-likeness (QED) is 0.188. The zero-order valence-electron chi connectivity index (χ0n) is 25.2. The third kappa shape index (κ3) is 4.29. The third-order valence-corrected chi connectivity index (χ3v) is 9.31. The summed E-state index contributed by atoms with van der Waals surface area (Å²) in [5.74, 6) is 0. The molecule has 0 aliphatic carbocycles. The highest BCUT2D eigenvalue weighted by Gasteiger charge is 2.18. The lowest BCUT2D eigenvalue weighted by atomic mass is 9.84. The van der Waals surface area contributed by atoms with E-state index >= 15 is 0 Å². The minimum atomic E-state index is 0.997. The summed E-state index contributed by atoms with van der Waals surface area (Å²) in [6.45, 7) is 0. The maximum atomic E-state index is 4.85. The normalized spacial score (nSPS) is 11.5. The first kappa shape index (κ1) is 26.4. The fourth-order valence-electron chi connectivity index (χ4n) is 7.19. The van der Waals surface area contributed by atoms with Gasteiger partial charge in [0.15, 0.2) is 0 Å². The molecule has 0 radical (unpaired) electrons. The molecule has 8 aromatic carbocycles. The zero-order valence-corrected chi connectivity index (χ0v) is 25.2. The fourth-order valence-corrected chi connectivity index (χ4v) is 7.19. The summed E-state index contributed by atoms with van der Waals surface area (Å²) < 4.78 is 0. The zero-order chi connectivity index (χ0) is 30.5. The number of rotatable bonds is 4. The van der Waals surface area contributed by atoms with Crippen molar-refractivity contribution in [2.45, 2.75) is 0 Å². The van der Waals surface area contributed by atoms with Crippen LogP contribution in [0.15, 0.2) is 176 Å². The Balaban J connectivity index is 1.22. The second-order valence-electron chi connectivity index (χ2n) is 11.9. The van der Waals surface area contributed by atoms with Gasteiger partial charge in [-0.15, -0.1) is 0 Å². The maximum absolute atomic E-state index is 4.85. The van der Waals surface area contributed by atoms with Crippen LogP contribution in [0.25, 0.3) is 87.7 Å². The molecule has 1 heteroatoms. The molecular formula is C45H29N. The highest BCUT2D eigenvalue weighted by molar-refractivity contribution is 6.23. The number of fused-ring (bicyclic) bond motifs is 4. The molecule has 1 heterocycles. The molecule has 0 saturated heterocycles. The van der Waals surface area contributed by atoms with E-state index in [1.165, 1.54) is 65.3 Å². The van der Waals surface area contributed by atoms with Crippen LogP contribution in [0.1, 0.15) is 0 Å². The molecule has 0 atom stereocenters. The van der Waals surface area contributed by atoms with Gasteiger partial charge >= 0.3 is 0 Å². The van der Waals surface area contributed by atoms with Crippen molar-refractivity contribution < 1.29 is 0 Å². The van der Waals surface area contributed by atoms with Crippen LogP contribution in [0.4, 0.5) is 0 Å². The van der Waals surface area contributed by atoms with Crippen molar-refractivity contribution in [2.24, 2.45) is 0 Å². The van der Waals surface area contributed by atoms with Crippen LogP contribution in [0, 0.1) is 0 Å². The van der Waals surface area contributed by atoms with Crippen molar-refractivity contribution in [1.29, 1.82) is 0 Å². The van der Waals surface area contributed by atoms with E-state index in [9.17, 15) is 0 Å². The van der Waals surface area contributed by atoms with Gasteiger partial charge in [-0.05, 0) is 83.0 Å². The first-order valence-corrected chi connectivity index (χ1v) is 15.8. The van der Waals surface area contributed by atoms with Gasteiger partial charge in [0.25, 0.3) is 0 Å². The number of aromatic nitrogens is 1. The average molecular weight is 584 g/mol. The molecule has 0 aliphatic heterocycles. The van der Waals surface area contributed by atoms with Crippen LogP contribution in [0.5, 0.6) is 0 Å². The Hall–Kier alpha value is -6.05. The van der Waals surface area contributed by atoms with E-state index in [2.05, 4.69) is 164 Å². The molecule has 0 bridgehead atoms. The molecule has 0 N–H and O–H groups in total. The van der Waals surface area contributed by atoms with Crippen molar-refractivity contribution >= 4 is 43.1 Å². The van der Waals surface area contributed by atoms with E-state index in [-0.39, 0.29) is 0 Å². The van der Waals surface area contributed by atoms with Gasteiger partial charge in [0.05, 0.1) is 5.69 Å². The summed E-state index contributed by atoms with van der Waals surface area (Å²) in [6.07, 6.45) is 1.89. The van der Waals surface area contributed by atoms with Gasteiger partial charge in [0.2, 0.25) is 0 Å². The molecule has 1 nitrogen and oxygen atoms in total. The molecule has 214 valence electrons. The number of hydrogen-bond acceptors (Lipinski definition) is 1. The van der Waals surface area contributed by atoms with Gasteiger partial charge < -0.3 is 0 Å². The monoisotopic (exact) mass is 583 g/mol. The Kier molecular flexibility index (Phi) is 6.21. The highest BCUT2D eigenvalue weighted by Crippen LogP contribution is 2.45. The Morgan fingerprint density at radius 1 is 0.304 bits per heavy atom. The lowest BCUT2D eigenvalue weighted by Crippen LogP contribution is -1.92. The smallest absolute Gasteiger partial charge is 0.0780 e. The van der Waals surface area contributed by atoms with E-state index in [1.54, 1.807) is 0 Å². The van der Waals surface area contributed by atoms with Crippen LogP contribution in [0.2, 0.25) is 0 Å². The van der Waals surface area contributed by atoms with E-state index in [1.807, 2.05) is 12.3 Å². The van der Waals surface area contributed by atoms with Crippen molar-refractivity contribution in [3.63, 3.8) is 0 Å². The second kappa shape index (κ2) is 10.8. The Bertz CT molecular complexity index is 2510. The van der Waals surface area contributed by atoms with Gasteiger partial charge in [-0.25, -0.2) is 0 Å². The first-order valence-electron chi connectivity index (χ1n) is 15.8.